The molecule has 0 aromatic carbocycles. The predicted octanol–water partition coefficient (Wildman–Crippen LogP) is 4.77. The summed E-state index contributed by atoms with van der Waals surface area (Å²) >= 11 is 0. The van der Waals surface area contributed by atoms with Crippen LogP contribution in [0.2, 0.25) is 58.9 Å². The monoisotopic (exact) mass is 367 g/mol. The highest BCUT2D eigenvalue weighted by Gasteiger charge is 2.10. The number of hydrogen-bond donors (Lipinski definition) is 0. The molecule has 0 aliphatic rings. The summed E-state index contributed by atoms with van der Waals surface area (Å²) in [6.45, 7) is 20.2. The zero-order valence-corrected chi connectivity index (χ0v) is 19.6. The van der Waals surface area contributed by atoms with E-state index in [-0.39, 0.29) is 0 Å². The fourth-order valence-corrected chi connectivity index (χ4v) is 3.02. The highest BCUT2D eigenvalue weighted by atomic mass is 28.3. The van der Waals surface area contributed by atoms with Crippen molar-refractivity contribution in [3.05, 3.63) is 29.1 Å². The molecule has 0 bridgehead atoms. The maximum atomic E-state index is 4.62. The second kappa shape index (κ2) is 7.58. The molecule has 0 fully saturated rings. The molecule has 0 saturated heterocycles. The largest absolute Gasteiger partial charge is 0.231 e. The first-order valence-electron chi connectivity index (χ1n) is 8.35. The third-order valence-corrected chi connectivity index (χ3v) is 5.16. The van der Waals surface area contributed by atoms with Crippen molar-refractivity contribution < 1.29 is 0 Å². The molecule has 0 aliphatic heterocycles. The minimum atomic E-state index is -1.43. The van der Waals surface area contributed by atoms with Gasteiger partial charge in [0, 0.05) is 5.56 Å². The van der Waals surface area contributed by atoms with Crippen LogP contribution in [0.5, 0.6) is 0 Å². The fraction of sp³-hybridized carbons (Fsp3) is 0.450. The van der Waals surface area contributed by atoms with E-state index in [1.165, 1.54) is 0 Å². The normalized spacial score (nSPS) is 11.4. The van der Waals surface area contributed by atoms with E-state index in [1.54, 1.807) is 0 Å². The van der Waals surface area contributed by atoms with Crippen molar-refractivity contribution in [1.82, 2.24) is 4.98 Å². The van der Waals surface area contributed by atoms with Gasteiger partial charge in [-0.05, 0) is 12.1 Å². The number of rotatable bonds is 0. The number of pyridine rings is 1. The molecule has 0 amide bonds. The van der Waals surface area contributed by atoms with Crippen molar-refractivity contribution in [1.29, 1.82) is 0 Å². The van der Waals surface area contributed by atoms with Gasteiger partial charge < -0.3 is 0 Å². The van der Waals surface area contributed by atoms with Crippen LogP contribution in [0.25, 0.3) is 0 Å². The van der Waals surface area contributed by atoms with Crippen LogP contribution >= 0.6 is 0 Å². The summed E-state index contributed by atoms with van der Waals surface area (Å²) in [5.41, 5.74) is 12.8. The van der Waals surface area contributed by atoms with Gasteiger partial charge in [-0.2, -0.15) is 0 Å². The van der Waals surface area contributed by atoms with E-state index in [4.69, 9.17) is 0 Å². The van der Waals surface area contributed by atoms with Gasteiger partial charge >= 0.3 is 0 Å². The van der Waals surface area contributed by atoms with Crippen LogP contribution in [0.1, 0.15) is 17.0 Å². The van der Waals surface area contributed by atoms with E-state index in [9.17, 15) is 0 Å². The molecule has 1 nitrogen and oxygen atoms in total. The van der Waals surface area contributed by atoms with Crippen molar-refractivity contribution in [3.8, 4) is 34.4 Å². The number of nitrogens with zero attached hydrogens (tertiary/aromatic N) is 1. The Kier molecular flexibility index (Phi) is 6.48. The van der Waals surface area contributed by atoms with Crippen LogP contribution in [0.15, 0.2) is 12.1 Å². The molecule has 1 aromatic rings. The standard InChI is InChI=1S/C20H29NSi3/c1-22(2,3)13-10-18-16-19(11-14-23(4,5)6)21-20(17-18)12-15-24(7,8)9/h16-17H,1-9H3. The second-order valence-electron chi connectivity index (χ2n) is 9.13. The Balaban J connectivity index is 3.40. The Morgan fingerprint density at radius 3 is 1.25 bits per heavy atom. The molecular formula is C20H29NSi3. The number of aromatic nitrogens is 1. The van der Waals surface area contributed by atoms with Gasteiger partial charge in [0.1, 0.15) is 35.6 Å². The van der Waals surface area contributed by atoms with E-state index < -0.39 is 24.2 Å². The van der Waals surface area contributed by atoms with Crippen LogP contribution in [0, 0.1) is 34.4 Å². The Morgan fingerprint density at radius 1 is 0.583 bits per heavy atom. The maximum absolute atomic E-state index is 4.62. The lowest BCUT2D eigenvalue weighted by atomic mass is 10.2. The van der Waals surface area contributed by atoms with Gasteiger partial charge in [0.25, 0.3) is 0 Å². The van der Waals surface area contributed by atoms with Crippen molar-refractivity contribution >= 4 is 24.2 Å². The quantitative estimate of drug-likeness (QED) is 0.475. The first-order chi connectivity index (χ1) is 10.7. The number of hydrogen-bond acceptors (Lipinski definition) is 1. The smallest absolute Gasteiger partial charge is 0.129 e. The van der Waals surface area contributed by atoms with E-state index in [2.05, 4.69) is 98.3 Å². The molecule has 24 heavy (non-hydrogen) atoms. The molecule has 1 rings (SSSR count). The minimum absolute atomic E-state index is 0.791. The third kappa shape index (κ3) is 9.58. The molecule has 0 spiro atoms. The molecular weight excluding hydrogens is 338 g/mol. The summed E-state index contributed by atoms with van der Waals surface area (Å²) in [6.07, 6.45) is 0. The third-order valence-electron chi connectivity index (χ3n) is 2.54. The van der Waals surface area contributed by atoms with Crippen LogP contribution in [-0.4, -0.2) is 29.2 Å². The Morgan fingerprint density at radius 2 is 0.917 bits per heavy atom. The van der Waals surface area contributed by atoms with Gasteiger partial charge in [-0.15, -0.1) is 16.6 Å². The van der Waals surface area contributed by atoms with Crippen LogP contribution < -0.4 is 0 Å². The molecule has 0 saturated carbocycles. The van der Waals surface area contributed by atoms with Gasteiger partial charge in [0.05, 0.1) is 0 Å². The molecule has 1 aromatic heterocycles. The van der Waals surface area contributed by atoms with Crippen molar-refractivity contribution in [2.75, 3.05) is 0 Å². The fourth-order valence-electron chi connectivity index (χ4n) is 1.49. The lowest BCUT2D eigenvalue weighted by Crippen LogP contribution is -2.17. The zero-order chi connectivity index (χ0) is 18.6. The van der Waals surface area contributed by atoms with Crippen molar-refractivity contribution in [2.24, 2.45) is 0 Å². The van der Waals surface area contributed by atoms with Crippen LogP contribution in [0.3, 0.4) is 0 Å². The van der Waals surface area contributed by atoms with Crippen molar-refractivity contribution in [2.45, 2.75) is 58.9 Å². The van der Waals surface area contributed by atoms with Crippen LogP contribution in [0.4, 0.5) is 0 Å². The Labute approximate surface area is 151 Å². The van der Waals surface area contributed by atoms with Crippen LogP contribution in [-0.2, 0) is 0 Å². The summed E-state index contributed by atoms with van der Waals surface area (Å²) in [4.78, 5) is 4.62. The summed E-state index contributed by atoms with van der Waals surface area (Å²) in [5.74, 6) is 9.81. The first-order valence-corrected chi connectivity index (χ1v) is 18.9. The second-order valence-corrected chi connectivity index (χ2v) is 23.4. The predicted molar refractivity (Wildman–Crippen MR) is 115 cm³/mol. The topological polar surface area (TPSA) is 12.9 Å². The maximum Gasteiger partial charge on any atom is 0.129 e. The van der Waals surface area contributed by atoms with Gasteiger partial charge in [-0.3, -0.25) is 0 Å². The summed E-state index contributed by atoms with van der Waals surface area (Å²) in [5, 5.41) is 0. The van der Waals surface area contributed by atoms with E-state index in [0.29, 0.717) is 0 Å². The SMILES string of the molecule is C[Si](C)(C)C#Cc1cc(C#C[Si](C)(C)C)nc(C#C[Si](C)(C)C)c1. The molecule has 0 aliphatic carbocycles. The Bertz CT molecular complexity index is 662. The van der Waals surface area contributed by atoms with E-state index in [1.807, 2.05) is 12.1 Å². The molecule has 0 atom stereocenters. The van der Waals surface area contributed by atoms with Crippen molar-refractivity contribution in [3.63, 3.8) is 0 Å². The molecule has 126 valence electrons. The molecule has 1 heterocycles. The highest BCUT2D eigenvalue weighted by Crippen LogP contribution is 2.07. The lowest BCUT2D eigenvalue weighted by molar-refractivity contribution is 1.24. The molecule has 0 N–H and O–H groups in total. The van der Waals surface area contributed by atoms with Gasteiger partial charge in [0.15, 0.2) is 0 Å². The van der Waals surface area contributed by atoms with Gasteiger partial charge in [-0.1, -0.05) is 76.7 Å². The lowest BCUT2D eigenvalue weighted by Gasteiger charge is -2.05. The molecule has 0 radical (unpaired) electrons. The summed E-state index contributed by atoms with van der Waals surface area (Å²) in [7, 11) is -4.27. The highest BCUT2D eigenvalue weighted by molar-refractivity contribution is 6.84. The molecule has 0 unspecified atom stereocenters. The average molecular weight is 368 g/mol. The van der Waals surface area contributed by atoms with E-state index >= 15 is 0 Å². The first kappa shape index (κ1) is 20.5. The summed E-state index contributed by atoms with van der Waals surface area (Å²) in [6, 6.07) is 4.00. The average Bonchev–Trinajstić information content (AvgIpc) is 2.38. The zero-order valence-electron chi connectivity index (χ0n) is 16.6. The Hall–Kier alpha value is -1.52. The van der Waals surface area contributed by atoms with Gasteiger partial charge in [-0.25, -0.2) is 4.98 Å². The minimum Gasteiger partial charge on any atom is -0.231 e. The van der Waals surface area contributed by atoms with Gasteiger partial charge in [0.2, 0.25) is 0 Å². The van der Waals surface area contributed by atoms with E-state index in [0.717, 1.165) is 17.0 Å². The summed E-state index contributed by atoms with van der Waals surface area (Å²) < 4.78 is 0. The molecule has 4 heteroatoms.